The van der Waals surface area contributed by atoms with Crippen LogP contribution in [0.1, 0.15) is 11.3 Å². The van der Waals surface area contributed by atoms with Gasteiger partial charge in [-0.25, -0.2) is 4.98 Å². The maximum absolute atomic E-state index is 12.5. The molecule has 0 aliphatic heterocycles. The van der Waals surface area contributed by atoms with Crippen molar-refractivity contribution in [1.82, 2.24) is 24.1 Å². The highest BCUT2D eigenvalue weighted by molar-refractivity contribution is 7.98. The number of nitrogens with zero attached hydrogens (tertiary/aromatic N) is 6. The van der Waals surface area contributed by atoms with E-state index in [1.807, 2.05) is 10.6 Å². The Bertz CT molecular complexity index is 994. The summed E-state index contributed by atoms with van der Waals surface area (Å²) in [5.74, 6) is 0.408. The molecular weight excluding hydrogens is 389 g/mol. The summed E-state index contributed by atoms with van der Waals surface area (Å²) in [6.45, 7) is 0.927. The SMILES string of the molecule is CSc1nc2n(Cc3ccc(Cl)nc3)c(C)c/c(=N\CC(F)(F)F)n2n1. The number of thioether (sulfide) groups is 1. The second-order valence-electron chi connectivity index (χ2n) is 5.46. The average molecular weight is 403 g/mol. The molecule has 3 heterocycles. The lowest BCUT2D eigenvalue weighted by Crippen LogP contribution is -2.24. The van der Waals surface area contributed by atoms with Crippen LogP contribution in [0.25, 0.3) is 5.78 Å². The fraction of sp³-hybridized carbons (Fsp3) is 0.333. The van der Waals surface area contributed by atoms with E-state index in [0.29, 0.717) is 28.3 Å². The Labute approximate surface area is 155 Å². The van der Waals surface area contributed by atoms with Gasteiger partial charge in [-0.3, -0.25) is 4.99 Å². The molecule has 0 bridgehead atoms. The predicted octanol–water partition coefficient (Wildman–Crippen LogP) is 3.12. The van der Waals surface area contributed by atoms with Gasteiger partial charge in [0.15, 0.2) is 5.49 Å². The Morgan fingerprint density at radius 1 is 1.31 bits per heavy atom. The summed E-state index contributed by atoms with van der Waals surface area (Å²) in [6, 6.07) is 5.06. The van der Waals surface area contributed by atoms with Crippen LogP contribution in [0.3, 0.4) is 0 Å². The first-order valence-corrected chi connectivity index (χ1v) is 9.06. The van der Waals surface area contributed by atoms with Gasteiger partial charge in [-0.1, -0.05) is 29.4 Å². The third-order valence-electron chi connectivity index (χ3n) is 3.53. The summed E-state index contributed by atoms with van der Waals surface area (Å²) in [5, 5.41) is 5.07. The molecule has 0 saturated carbocycles. The fourth-order valence-electron chi connectivity index (χ4n) is 2.35. The van der Waals surface area contributed by atoms with E-state index >= 15 is 0 Å². The maximum Gasteiger partial charge on any atom is 0.408 e. The number of alkyl halides is 3. The molecule has 0 saturated heterocycles. The third-order valence-corrected chi connectivity index (χ3v) is 4.29. The molecule has 0 radical (unpaired) electrons. The van der Waals surface area contributed by atoms with Crippen molar-refractivity contribution in [3.8, 4) is 0 Å². The van der Waals surface area contributed by atoms with Gasteiger partial charge in [-0.2, -0.15) is 22.7 Å². The van der Waals surface area contributed by atoms with Gasteiger partial charge < -0.3 is 4.57 Å². The molecule has 0 N–H and O–H groups in total. The van der Waals surface area contributed by atoms with Gasteiger partial charge in [0.1, 0.15) is 11.7 Å². The summed E-state index contributed by atoms with van der Waals surface area (Å²) in [4.78, 5) is 12.1. The number of halogens is 4. The quantitative estimate of drug-likeness (QED) is 0.497. The monoisotopic (exact) mass is 402 g/mol. The number of hydrogen-bond acceptors (Lipinski definition) is 5. The molecule has 0 spiro atoms. The smallest absolute Gasteiger partial charge is 0.310 e. The standard InChI is InChI=1S/C15H14ClF3N6S/c1-9-5-12(21-8-15(17,18)19)25-14(22-13(23-25)26-2)24(9)7-10-3-4-11(16)20-6-10/h3-6H,7-8H2,1-2H3/b21-12+. The van der Waals surface area contributed by atoms with E-state index in [1.54, 1.807) is 31.5 Å². The lowest BCUT2D eigenvalue weighted by Gasteiger charge is -2.12. The normalized spacial score (nSPS) is 12.9. The lowest BCUT2D eigenvalue weighted by atomic mass is 10.2. The average Bonchev–Trinajstić information content (AvgIpc) is 3.01. The number of aromatic nitrogens is 5. The van der Waals surface area contributed by atoms with Crippen LogP contribution < -0.4 is 5.49 Å². The van der Waals surface area contributed by atoms with Crippen LogP contribution in [0.4, 0.5) is 13.2 Å². The molecule has 0 aromatic carbocycles. The third kappa shape index (κ3) is 4.18. The maximum atomic E-state index is 12.5. The van der Waals surface area contributed by atoms with E-state index in [1.165, 1.54) is 16.3 Å². The largest absolute Gasteiger partial charge is 0.408 e. The molecule has 138 valence electrons. The van der Waals surface area contributed by atoms with Gasteiger partial charge in [0.2, 0.25) is 10.9 Å². The van der Waals surface area contributed by atoms with E-state index in [4.69, 9.17) is 11.6 Å². The van der Waals surface area contributed by atoms with Crippen LogP contribution in [-0.2, 0) is 6.54 Å². The summed E-state index contributed by atoms with van der Waals surface area (Å²) in [6.07, 6.45) is -0.954. The highest BCUT2D eigenvalue weighted by atomic mass is 35.5. The zero-order valence-electron chi connectivity index (χ0n) is 13.8. The minimum atomic E-state index is -4.38. The molecular formula is C15H14ClF3N6S. The summed E-state index contributed by atoms with van der Waals surface area (Å²) < 4.78 is 40.8. The Kier molecular flexibility index (Phi) is 5.24. The molecule has 0 unspecified atom stereocenters. The number of fused-ring (bicyclic) bond motifs is 1. The van der Waals surface area contributed by atoms with Crippen LogP contribution in [0, 0.1) is 6.92 Å². The van der Waals surface area contributed by atoms with Crippen LogP contribution >= 0.6 is 23.4 Å². The summed E-state index contributed by atoms with van der Waals surface area (Å²) >= 11 is 7.10. The van der Waals surface area contributed by atoms with E-state index in [2.05, 4.69) is 20.1 Å². The molecule has 0 aliphatic carbocycles. The van der Waals surface area contributed by atoms with Crippen molar-refractivity contribution in [2.45, 2.75) is 24.8 Å². The van der Waals surface area contributed by atoms with Crippen molar-refractivity contribution in [1.29, 1.82) is 0 Å². The molecule has 0 fully saturated rings. The number of rotatable bonds is 4. The molecule has 11 heteroatoms. The topological polar surface area (TPSA) is 60.4 Å². The van der Waals surface area contributed by atoms with Crippen LogP contribution in [0.15, 0.2) is 34.5 Å². The predicted molar refractivity (Wildman–Crippen MR) is 92.3 cm³/mol. The lowest BCUT2D eigenvalue weighted by molar-refractivity contribution is -0.118. The molecule has 3 rings (SSSR count). The van der Waals surface area contributed by atoms with Crippen molar-refractivity contribution in [3.63, 3.8) is 0 Å². The minimum Gasteiger partial charge on any atom is -0.310 e. The molecule has 0 aliphatic rings. The Morgan fingerprint density at radius 2 is 2.08 bits per heavy atom. The van der Waals surface area contributed by atoms with Crippen molar-refractivity contribution in [2.75, 3.05) is 12.8 Å². The zero-order chi connectivity index (χ0) is 18.9. The van der Waals surface area contributed by atoms with Gasteiger partial charge in [0, 0.05) is 18.0 Å². The first-order valence-electron chi connectivity index (χ1n) is 7.46. The van der Waals surface area contributed by atoms with Gasteiger partial charge in [0.05, 0.1) is 6.54 Å². The highest BCUT2D eigenvalue weighted by Crippen LogP contribution is 2.16. The minimum absolute atomic E-state index is 0.105. The van der Waals surface area contributed by atoms with Crippen molar-refractivity contribution >= 4 is 29.1 Å². The van der Waals surface area contributed by atoms with Gasteiger partial charge in [-0.15, -0.1) is 5.10 Å². The van der Waals surface area contributed by atoms with Crippen molar-refractivity contribution < 1.29 is 13.2 Å². The second kappa shape index (κ2) is 7.28. The summed E-state index contributed by atoms with van der Waals surface area (Å²) in [7, 11) is 0. The molecule has 3 aromatic rings. The molecule has 0 amide bonds. The molecule has 3 aromatic heterocycles. The van der Waals surface area contributed by atoms with E-state index in [9.17, 15) is 13.2 Å². The van der Waals surface area contributed by atoms with E-state index < -0.39 is 12.7 Å². The van der Waals surface area contributed by atoms with Gasteiger partial charge in [0.25, 0.3) is 0 Å². The Balaban J connectivity index is 2.13. The Morgan fingerprint density at radius 3 is 2.69 bits per heavy atom. The molecule has 6 nitrogen and oxygen atoms in total. The van der Waals surface area contributed by atoms with Crippen molar-refractivity contribution in [3.05, 3.63) is 46.3 Å². The fourth-order valence-corrected chi connectivity index (χ4v) is 2.79. The first kappa shape index (κ1) is 18.7. The molecule has 0 atom stereocenters. The second-order valence-corrected chi connectivity index (χ2v) is 6.62. The van der Waals surface area contributed by atoms with Gasteiger partial charge >= 0.3 is 6.18 Å². The van der Waals surface area contributed by atoms with Crippen LogP contribution in [-0.4, -0.2) is 43.1 Å². The van der Waals surface area contributed by atoms with Gasteiger partial charge in [-0.05, 0) is 24.8 Å². The van der Waals surface area contributed by atoms with Crippen LogP contribution in [0.5, 0.6) is 0 Å². The molecule has 26 heavy (non-hydrogen) atoms. The van der Waals surface area contributed by atoms with E-state index in [-0.39, 0.29) is 5.49 Å². The highest BCUT2D eigenvalue weighted by Gasteiger charge is 2.26. The first-order chi connectivity index (χ1) is 12.3. The van der Waals surface area contributed by atoms with Crippen LogP contribution in [0.2, 0.25) is 5.15 Å². The summed E-state index contributed by atoms with van der Waals surface area (Å²) in [5.41, 5.74) is 1.68. The number of hydrogen-bond donors (Lipinski definition) is 0. The van der Waals surface area contributed by atoms with Crippen molar-refractivity contribution in [2.24, 2.45) is 4.99 Å². The number of pyridine rings is 1. The zero-order valence-corrected chi connectivity index (χ0v) is 15.4. The number of aryl methyl sites for hydroxylation is 1. The Hall–Kier alpha value is -2.07. The van der Waals surface area contributed by atoms with E-state index in [0.717, 1.165) is 5.56 Å².